The van der Waals surface area contributed by atoms with E-state index < -0.39 is 6.10 Å². The molecule has 4 heteroatoms. The zero-order valence-corrected chi connectivity index (χ0v) is 13.6. The fourth-order valence-corrected chi connectivity index (χ4v) is 2.62. The first-order chi connectivity index (χ1) is 9.38. The third kappa shape index (κ3) is 3.40. The lowest BCUT2D eigenvalue weighted by atomic mass is 9.98. The van der Waals surface area contributed by atoms with Gasteiger partial charge < -0.3 is 5.11 Å². The van der Waals surface area contributed by atoms with Crippen LogP contribution in [0.2, 0.25) is 5.02 Å². The standard InChI is InChI=1S/C16H15BrClFO/c1-9-5-12(6-10(2)16(9)17)15(20)8-11-7-13(18)3-4-14(11)19/h3-7,15,20H,8H2,1-2H3. The van der Waals surface area contributed by atoms with Crippen LogP contribution in [0.5, 0.6) is 0 Å². The normalized spacial score (nSPS) is 12.5. The van der Waals surface area contributed by atoms with Gasteiger partial charge in [0.2, 0.25) is 0 Å². The minimum atomic E-state index is -0.756. The van der Waals surface area contributed by atoms with Crippen molar-refractivity contribution in [3.05, 3.63) is 67.9 Å². The summed E-state index contributed by atoms with van der Waals surface area (Å²) >= 11 is 9.35. The lowest BCUT2D eigenvalue weighted by Gasteiger charge is -2.15. The Morgan fingerprint density at radius 2 is 1.80 bits per heavy atom. The molecule has 0 saturated carbocycles. The van der Waals surface area contributed by atoms with E-state index in [9.17, 15) is 9.50 Å². The van der Waals surface area contributed by atoms with Crippen LogP contribution >= 0.6 is 27.5 Å². The average Bonchev–Trinajstić information content (AvgIpc) is 2.39. The summed E-state index contributed by atoms with van der Waals surface area (Å²) in [5, 5.41) is 10.8. The molecular weight excluding hydrogens is 343 g/mol. The van der Waals surface area contributed by atoms with Gasteiger partial charge in [-0.25, -0.2) is 4.39 Å². The van der Waals surface area contributed by atoms with E-state index in [-0.39, 0.29) is 12.2 Å². The molecule has 0 aromatic heterocycles. The minimum absolute atomic E-state index is 0.201. The van der Waals surface area contributed by atoms with E-state index in [1.165, 1.54) is 12.1 Å². The maximum absolute atomic E-state index is 13.7. The molecule has 0 aliphatic carbocycles. The molecule has 0 aliphatic heterocycles. The Kier molecular flexibility index (Phi) is 4.84. The molecule has 106 valence electrons. The molecule has 20 heavy (non-hydrogen) atoms. The highest BCUT2D eigenvalue weighted by atomic mass is 79.9. The molecule has 1 atom stereocenters. The fraction of sp³-hybridized carbons (Fsp3) is 0.250. The molecule has 0 heterocycles. The van der Waals surface area contributed by atoms with Crippen molar-refractivity contribution in [2.45, 2.75) is 26.4 Å². The summed E-state index contributed by atoms with van der Waals surface area (Å²) in [5.74, 6) is -0.348. The quantitative estimate of drug-likeness (QED) is 0.807. The van der Waals surface area contributed by atoms with Gasteiger partial charge in [0.25, 0.3) is 0 Å². The van der Waals surface area contributed by atoms with Crippen molar-refractivity contribution in [1.82, 2.24) is 0 Å². The highest BCUT2D eigenvalue weighted by molar-refractivity contribution is 9.10. The van der Waals surface area contributed by atoms with Crippen LogP contribution in [0.1, 0.15) is 28.4 Å². The summed E-state index contributed by atoms with van der Waals surface area (Å²) in [4.78, 5) is 0. The zero-order chi connectivity index (χ0) is 14.9. The number of hydrogen-bond acceptors (Lipinski definition) is 1. The van der Waals surface area contributed by atoms with Crippen LogP contribution in [0.25, 0.3) is 0 Å². The molecule has 0 fully saturated rings. The van der Waals surface area contributed by atoms with Gasteiger partial charge in [-0.05, 0) is 54.3 Å². The number of rotatable bonds is 3. The maximum Gasteiger partial charge on any atom is 0.126 e. The van der Waals surface area contributed by atoms with Crippen LogP contribution in [0.3, 0.4) is 0 Å². The predicted molar refractivity (Wildman–Crippen MR) is 83.7 cm³/mol. The third-order valence-corrected chi connectivity index (χ3v) is 4.75. The molecule has 0 amide bonds. The molecule has 0 aliphatic rings. The highest BCUT2D eigenvalue weighted by Crippen LogP contribution is 2.28. The van der Waals surface area contributed by atoms with E-state index in [0.717, 1.165) is 21.2 Å². The molecule has 1 unspecified atom stereocenters. The molecule has 1 N–H and O–H groups in total. The number of benzene rings is 2. The molecule has 0 bridgehead atoms. The van der Waals surface area contributed by atoms with Gasteiger partial charge in [-0.3, -0.25) is 0 Å². The Bertz CT molecular complexity index is 619. The van der Waals surface area contributed by atoms with Gasteiger partial charge in [-0.1, -0.05) is 39.7 Å². The Morgan fingerprint density at radius 1 is 1.20 bits per heavy atom. The largest absolute Gasteiger partial charge is 0.388 e. The number of aryl methyl sites for hydroxylation is 2. The van der Waals surface area contributed by atoms with E-state index in [2.05, 4.69) is 15.9 Å². The highest BCUT2D eigenvalue weighted by Gasteiger charge is 2.14. The predicted octanol–water partition coefficient (Wildman–Crippen LogP) is 5.13. The number of aliphatic hydroxyl groups excluding tert-OH is 1. The smallest absolute Gasteiger partial charge is 0.126 e. The fourth-order valence-electron chi connectivity index (χ4n) is 2.20. The van der Waals surface area contributed by atoms with Crippen molar-refractivity contribution in [1.29, 1.82) is 0 Å². The molecular formula is C16H15BrClFO. The van der Waals surface area contributed by atoms with Crippen LogP contribution in [-0.4, -0.2) is 5.11 Å². The Morgan fingerprint density at radius 3 is 2.40 bits per heavy atom. The van der Waals surface area contributed by atoms with Gasteiger partial charge >= 0.3 is 0 Å². The van der Waals surface area contributed by atoms with E-state index in [1.807, 2.05) is 26.0 Å². The molecule has 0 saturated heterocycles. The molecule has 2 rings (SSSR count). The van der Waals surface area contributed by atoms with Crippen LogP contribution in [0.15, 0.2) is 34.8 Å². The lowest BCUT2D eigenvalue weighted by Crippen LogP contribution is -2.05. The monoisotopic (exact) mass is 356 g/mol. The summed E-state index contributed by atoms with van der Waals surface area (Å²) in [5.41, 5.74) is 3.29. The van der Waals surface area contributed by atoms with Gasteiger partial charge in [0, 0.05) is 15.9 Å². The van der Waals surface area contributed by atoms with Crippen molar-refractivity contribution in [3.8, 4) is 0 Å². The molecule has 0 radical (unpaired) electrons. The van der Waals surface area contributed by atoms with E-state index >= 15 is 0 Å². The van der Waals surface area contributed by atoms with Crippen molar-refractivity contribution in [3.63, 3.8) is 0 Å². The SMILES string of the molecule is Cc1cc(C(O)Cc2cc(Cl)ccc2F)cc(C)c1Br. The van der Waals surface area contributed by atoms with Crippen LogP contribution in [-0.2, 0) is 6.42 Å². The molecule has 1 nitrogen and oxygen atoms in total. The zero-order valence-electron chi connectivity index (χ0n) is 11.3. The second-order valence-corrected chi connectivity index (χ2v) is 6.15. The van der Waals surface area contributed by atoms with Gasteiger partial charge in [0.05, 0.1) is 6.10 Å². The molecule has 2 aromatic rings. The number of halogens is 3. The van der Waals surface area contributed by atoms with E-state index in [0.29, 0.717) is 10.6 Å². The van der Waals surface area contributed by atoms with Crippen molar-refractivity contribution in [2.24, 2.45) is 0 Å². The second-order valence-electron chi connectivity index (χ2n) is 4.92. The van der Waals surface area contributed by atoms with E-state index in [4.69, 9.17) is 11.6 Å². The van der Waals surface area contributed by atoms with Gasteiger partial charge in [0.1, 0.15) is 5.82 Å². The lowest BCUT2D eigenvalue weighted by molar-refractivity contribution is 0.177. The Balaban J connectivity index is 2.28. The van der Waals surface area contributed by atoms with Crippen LogP contribution in [0, 0.1) is 19.7 Å². The van der Waals surface area contributed by atoms with E-state index in [1.54, 1.807) is 6.07 Å². The summed E-state index contributed by atoms with van der Waals surface area (Å²) < 4.78 is 14.7. The van der Waals surface area contributed by atoms with Gasteiger partial charge in [0.15, 0.2) is 0 Å². The van der Waals surface area contributed by atoms with Crippen LogP contribution < -0.4 is 0 Å². The first kappa shape index (κ1) is 15.5. The Labute approximate surface area is 131 Å². The first-order valence-corrected chi connectivity index (χ1v) is 7.44. The summed E-state index contributed by atoms with van der Waals surface area (Å²) in [6.45, 7) is 3.93. The summed E-state index contributed by atoms with van der Waals surface area (Å²) in [6.07, 6.45) is -0.555. The summed E-state index contributed by atoms with van der Waals surface area (Å²) in [7, 11) is 0. The van der Waals surface area contributed by atoms with Gasteiger partial charge in [-0.15, -0.1) is 0 Å². The number of aliphatic hydroxyl groups is 1. The Hall–Kier alpha value is -0.900. The van der Waals surface area contributed by atoms with Crippen molar-refractivity contribution < 1.29 is 9.50 Å². The summed E-state index contributed by atoms with van der Waals surface area (Å²) in [6, 6.07) is 8.19. The van der Waals surface area contributed by atoms with Gasteiger partial charge in [-0.2, -0.15) is 0 Å². The molecule has 2 aromatic carbocycles. The second kappa shape index (κ2) is 6.25. The third-order valence-electron chi connectivity index (χ3n) is 3.26. The van der Waals surface area contributed by atoms with Crippen molar-refractivity contribution >= 4 is 27.5 Å². The first-order valence-electron chi connectivity index (χ1n) is 6.27. The average molecular weight is 358 g/mol. The van der Waals surface area contributed by atoms with Crippen LogP contribution in [0.4, 0.5) is 4.39 Å². The topological polar surface area (TPSA) is 20.2 Å². The maximum atomic E-state index is 13.7. The number of hydrogen-bond donors (Lipinski definition) is 1. The minimum Gasteiger partial charge on any atom is -0.388 e. The molecule has 0 spiro atoms. The van der Waals surface area contributed by atoms with Crippen molar-refractivity contribution in [2.75, 3.05) is 0 Å².